The number of aromatic nitrogens is 2. The third-order valence-corrected chi connectivity index (χ3v) is 3.52. The highest BCUT2D eigenvalue weighted by atomic mass is 16.5. The van der Waals surface area contributed by atoms with E-state index in [0.29, 0.717) is 29.5 Å². The molecule has 2 N–H and O–H groups in total. The van der Waals surface area contributed by atoms with Crippen molar-refractivity contribution < 1.29 is 14.6 Å². The third kappa shape index (κ3) is 2.67. The lowest BCUT2D eigenvalue weighted by molar-refractivity contribution is 0.356. The van der Waals surface area contributed by atoms with E-state index in [1.165, 1.54) is 6.33 Å². The van der Waals surface area contributed by atoms with Crippen LogP contribution in [0, 0.1) is 0 Å². The number of rotatable bonds is 4. The summed E-state index contributed by atoms with van der Waals surface area (Å²) in [4.78, 5) is 8.57. The van der Waals surface area contributed by atoms with Gasteiger partial charge in [-0.25, -0.2) is 9.97 Å². The van der Waals surface area contributed by atoms with Crippen LogP contribution in [0.3, 0.4) is 0 Å². The first-order valence-corrected chi connectivity index (χ1v) is 6.91. The number of allylic oxidation sites excluding steroid dienone is 2. The Balaban J connectivity index is 1.99. The zero-order chi connectivity index (χ0) is 15.5. The Morgan fingerprint density at radius 3 is 2.68 bits per heavy atom. The molecule has 1 aromatic carbocycles. The maximum atomic E-state index is 9.62. The molecule has 0 radical (unpaired) electrons. The van der Waals surface area contributed by atoms with Crippen LogP contribution in [0.1, 0.15) is 6.42 Å². The summed E-state index contributed by atoms with van der Waals surface area (Å²) >= 11 is 0. The van der Waals surface area contributed by atoms with Crippen LogP contribution in [0.5, 0.6) is 11.5 Å². The van der Waals surface area contributed by atoms with Gasteiger partial charge in [-0.1, -0.05) is 12.2 Å². The number of hydrogen-bond donors (Lipinski definition) is 2. The fraction of sp³-hybridized carbons (Fsp3) is 0.250. The van der Waals surface area contributed by atoms with Crippen molar-refractivity contribution in [1.82, 2.24) is 9.97 Å². The molecule has 0 spiro atoms. The molecule has 0 amide bonds. The van der Waals surface area contributed by atoms with Gasteiger partial charge < -0.3 is 19.9 Å². The molecular weight excluding hydrogens is 282 g/mol. The van der Waals surface area contributed by atoms with Gasteiger partial charge >= 0.3 is 0 Å². The molecule has 0 bridgehead atoms. The van der Waals surface area contributed by atoms with Gasteiger partial charge in [0.15, 0.2) is 11.5 Å². The van der Waals surface area contributed by atoms with Crippen LogP contribution < -0.4 is 14.8 Å². The van der Waals surface area contributed by atoms with E-state index in [1.54, 1.807) is 20.3 Å². The summed E-state index contributed by atoms with van der Waals surface area (Å²) in [5, 5.41) is 13.8. The molecule has 2 aromatic rings. The highest BCUT2D eigenvalue weighted by molar-refractivity contribution is 5.91. The van der Waals surface area contributed by atoms with E-state index in [0.717, 1.165) is 10.9 Å². The number of aliphatic hydroxyl groups excluding tert-OH is 1. The van der Waals surface area contributed by atoms with Gasteiger partial charge in [0.2, 0.25) is 0 Å². The van der Waals surface area contributed by atoms with Gasteiger partial charge in [-0.05, 0) is 12.1 Å². The standard InChI is InChI=1S/C16H17N3O3/c1-21-14-7-12-13(8-15(14)22-2)17-9-18-16(12)19-10-4-3-5-11(20)6-10/h3-5,7-10,20H,6H2,1-2H3,(H,17,18,19)/t10-/m0/s1. The second-order valence-corrected chi connectivity index (χ2v) is 4.94. The minimum Gasteiger partial charge on any atom is -0.512 e. The number of methoxy groups -OCH3 is 2. The predicted octanol–water partition coefficient (Wildman–Crippen LogP) is 2.83. The van der Waals surface area contributed by atoms with Crippen LogP contribution in [0.15, 0.2) is 42.4 Å². The number of ether oxygens (including phenoxy) is 2. The monoisotopic (exact) mass is 299 g/mol. The summed E-state index contributed by atoms with van der Waals surface area (Å²) in [7, 11) is 3.18. The van der Waals surface area contributed by atoms with E-state index < -0.39 is 0 Å². The average Bonchev–Trinajstić information content (AvgIpc) is 2.54. The molecule has 0 saturated heterocycles. The van der Waals surface area contributed by atoms with Crippen molar-refractivity contribution in [3.05, 3.63) is 42.4 Å². The summed E-state index contributed by atoms with van der Waals surface area (Å²) in [6.07, 6.45) is 7.51. The molecule has 1 atom stereocenters. The molecule has 1 aliphatic carbocycles. The molecule has 6 heteroatoms. The minimum absolute atomic E-state index is 0.0174. The average molecular weight is 299 g/mol. The second kappa shape index (κ2) is 5.93. The summed E-state index contributed by atoms with van der Waals surface area (Å²) in [5.41, 5.74) is 0.759. The van der Waals surface area contributed by atoms with Crippen molar-refractivity contribution in [3.63, 3.8) is 0 Å². The van der Waals surface area contributed by atoms with Crippen molar-refractivity contribution >= 4 is 16.7 Å². The smallest absolute Gasteiger partial charge is 0.162 e. The van der Waals surface area contributed by atoms with E-state index in [9.17, 15) is 5.11 Å². The van der Waals surface area contributed by atoms with Gasteiger partial charge in [0.25, 0.3) is 0 Å². The Labute approximate surface area is 128 Å². The van der Waals surface area contributed by atoms with Crippen molar-refractivity contribution in [2.45, 2.75) is 12.5 Å². The molecule has 0 fully saturated rings. The number of anilines is 1. The van der Waals surface area contributed by atoms with Crippen LogP contribution in [0.4, 0.5) is 5.82 Å². The Hall–Kier alpha value is -2.76. The summed E-state index contributed by atoms with van der Waals surface area (Å²) in [6, 6.07) is 3.64. The lowest BCUT2D eigenvalue weighted by Gasteiger charge is -2.19. The Kier molecular flexibility index (Phi) is 3.82. The van der Waals surface area contributed by atoms with Gasteiger partial charge in [-0.3, -0.25) is 0 Å². The third-order valence-electron chi connectivity index (χ3n) is 3.52. The molecule has 1 aliphatic rings. The van der Waals surface area contributed by atoms with E-state index in [2.05, 4.69) is 15.3 Å². The Morgan fingerprint density at radius 1 is 1.18 bits per heavy atom. The number of nitrogens with one attached hydrogen (secondary N) is 1. The highest BCUT2D eigenvalue weighted by Gasteiger charge is 2.15. The topological polar surface area (TPSA) is 76.5 Å². The lowest BCUT2D eigenvalue weighted by atomic mass is 10.1. The zero-order valence-corrected chi connectivity index (χ0v) is 12.4. The van der Waals surface area contributed by atoms with Crippen LogP contribution in [-0.2, 0) is 0 Å². The van der Waals surface area contributed by atoms with Gasteiger partial charge in [-0.15, -0.1) is 0 Å². The molecular formula is C16H17N3O3. The number of fused-ring (bicyclic) bond motifs is 1. The number of benzene rings is 1. The SMILES string of the molecule is COc1cc2ncnc(N[C@H]3C=CC=C(O)C3)c2cc1OC. The van der Waals surface area contributed by atoms with Crippen molar-refractivity contribution in [2.75, 3.05) is 19.5 Å². The predicted molar refractivity (Wildman–Crippen MR) is 84.5 cm³/mol. The molecule has 3 rings (SSSR count). The molecule has 6 nitrogen and oxygen atoms in total. The minimum atomic E-state index is -0.0174. The largest absolute Gasteiger partial charge is 0.512 e. The van der Waals surface area contributed by atoms with Crippen molar-refractivity contribution in [1.29, 1.82) is 0 Å². The van der Waals surface area contributed by atoms with E-state index in [-0.39, 0.29) is 6.04 Å². The molecule has 0 unspecified atom stereocenters. The van der Waals surface area contributed by atoms with Gasteiger partial charge in [0.1, 0.15) is 12.1 Å². The van der Waals surface area contributed by atoms with E-state index in [1.807, 2.05) is 24.3 Å². The highest BCUT2D eigenvalue weighted by Crippen LogP contribution is 2.34. The van der Waals surface area contributed by atoms with Crippen LogP contribution in [0.25, 0.3) is 10.9 Å². The summed E-state index contributed by atoms with van der Waals surface area (Å²) in [5.74, 6) is 2.28. The van der Waals surface area contributed by atoms with Gasteiger partial charge in [-0.2, -0.15) is 0 Å². The fourth-order valence-corrected chi connectivity index (χ4v) is 2.44. The maximum absolute atomic E-state index is 9.62. The number of nitrogens with zero attached hydrogens (tertiary/aromatic N) is 2. The van der Waals surface area contributed by atoms with Crippen LogP contribution in [0.2, 0.25) is 0 Å². The first kappa shape index (κ1) is 14.2. The lowest BCUT2D eigenvalue weighted by Crippen LogP contribution is -2.20. The molecule has 0 aliphatic heterocycles. The maximum Gasteiger partial charge on any atom is 0.162 e. The first-order valence-electron chi connectivity index (χ1n) is 6.91. The van der Waals surface area contributed by atoms with Gasteiger partial charge in [0, 0.05) is 17.9 Å². The Morgan fingerprint density at radius 2 is 1.95 bits per heavy atom. The quantitative estimate of drug-likeness (QED) is 0.904. The molecule has 22 heavy (non-hydrogen) atoms. The Bertz CT molecular complexity index is 756. The van der Waals surface area contributed by atoms with Crippen LogP contribution >= 0.6 is 0 Å². The van der Waals surface area contributed by atoms with Crippen LogP contribution in [-0.4, -0.2) is 35.3 Å². The normalized spacial score (nSPS) is 17.2. The molecule has 1 aromatic heterocycles. The van der Waals surface area contributed by atoms with E-state index in [4.69, 9.17) is 9.47 Å². The van der Waals surface area contributed by atoms with Crippen molar-refractivity contribution in [2.24, 2.45) is 0 Å². The fourth-order valence-electron chi connectivity index (χ4n) is 2.44. The molecule has 114 valence electrons. The summed E-state index contributed by atoms with van der Waals surface area (Å²) in [6.45, 7) is 0. The first-order chi connectivity index (χ1) is 10.7. The van der Waals surface area contributed by atoms with Gasteiger partial charge in [0.05, 0.1) is 31.5 Å². The molecule has 0 saturated carbocycles. The van der Waals surface area contributed by atoms with Crippen molar-refractivity contribution in [3.8, 4) is 11.5 Å². The number of hydrogen-bond acceptors (Lipinski definition) is 6. The summed E-state index contributed by atoms with van der Waals surface area (Å²) < 4.78 is 10.6. The zero-order valence-electron chi connectivity index (χ0n) is 12.4. The van der Waals surface area contributed by atoms with E-state index >= 15 is 0 Å². The number of aliphatic hydroxyl groups is 1. The molecule has 1 heterocycles. The second-order valence-electron chi connectivity index (χ2n) is 4.94.